The number of carbonyl (C=O) groups excluding carboxylic acids is 1. The van der Waals surface area contributed by atoms with Gasteiger partial charge in [0.05, 0.1) is 15.1 Å². The van der Waals surface area contributed by atoms with Crippen molar-refractivity contribution in [3.63, 3.8) is 0 Å². The van der Waals surface area contributed by atoms with Gasteiger partial charge in [-0.1, -0.05) is 17.4 Å². The lowest BCUT2D eigenvalue weighted by Gasteiger charge is -2.34. The second kappa shape index (κ2) is 12.5. The number of nitrogens with one attached hydrogen (secondary N) is 2. The molecule has 1 saturated heterocycles. The summed E-state index contributed by atoms with van der Waals surface area (Å²) in [6.07, 6.45) is 0. The first-order valence-corrected chi connectivity index (χ1v) is 15.0. The van der Waals surface area contributed by atoms with E-state index >= 15 is 0 Å². The number of hydrogen-bond acceptors (Lipinski definition) is 7. The van der Waals surface area contributed by atoms with Gasteiger partial charge in [-0.15, -0.1) is 12.4 Å². The molecule has 4 aromatic rings. The third-order valence-corrected chi connectivity index (χ3v) is 9.35. The summed E-state index contributed by atoms with van der Waals surface area (Å²) in [6.45, 7) is 9.06. The highest BCUT2D eigenvalue weighted by molar-refractivity contribution is 7.92. The molecule has 1 aromatic heterocycles. The number of rotatable bonds is 8. The van der Waals surface area contributed by atoms with E-state index in [-0.39, 0.29) is 23.2 Å². The number of amides is 1. The Morgan fingerprint density at radius 3 is 2.35 bits per heavy atom. The molecule has 2 N–H and O–H groups in total. The van der Waals surface area contributed by atoms with Crippen LogP contribution < -0.4 is 14.9 Å². The summed E-state index contributed by atoms with van der Waals surface area (Å²) in [5, 5.41) is 4.00. The van der Waals surface area contributed by atoms with E-state index in [9.17, 15) is 17.6 Å². The first-order chi connectivity index (χ1) is 18.7. The van der Waals surface area contributed by atoms with Crippen LogP contribution in [0.5, 0.6) is 0 Å². The number of sulfonamides is 1. The Balaban J connectivity index is 0.00000370. The predicted octanol–water partition coefficient (Wildman–Crippen LogP) is 4.83. The van der Waals surface area contributed by atoms with Gasteiger partial charge in [0.15, 0.2) is 5.13 Å². The van der Waals surface area contributed by atoms with Crippen LogP contribution in [0.4, 0.5) is 15.2 Å². The molecule has 1 aliphatic heterocycles. The number of carbonyl (C=O) groups is 1. The normalized spacial score (nSPS) is 14.1. The summed E-state index contributed by atoms with van der Waals surface area (Å²) >= 11 is 1.75. The second-order valence-corrected chi connectivity index (χ2v) is 12.3. The lowest BCUT2D eigenvalue weighted by atomic mass is 10.1. The van der Waals surface area contributed by atoms with Crippen molar-refractivity contribution in [2.45, 2.75) is 18.7 Å². The molecule has 3 aromatic carbocycles. The van der Waals surface area contributed by atoms with Gasteiger partial charge in [0, 0.05) is 50.5 Å². The van der Waals surface area contributed by atoms with Crippen molar-refractivity contribution in [2.75, 3.05) is 48.9 Å². The number of thiazole rings is 1. The summed E-state index contributed by atoms with van der Waals surface area (Å²) in [4.78, 5) is 22.1. The monoisotopic (exact) mass is 603 g/mol. The predicted molar refractivity (Wildman–Crippen MR) is 161 cm³/mol. The van der Waals surface area contributed by atoms with Crippen LogP contribution in [0.15, 0.2) is 65.6 Å². The summed E-state index contributed by atoms with van der Waals surface area (Å²) in [7, 11) is -3.85. The Bertz CT molecular complexity index is 1590. The zero-order valence-corrected chi connectivity index (χ0v) is 24.6. The van der Waals surface area contributed by atoms with Crippen LogP contribution >= 0.6 is 23.7 Å². The molecule has 8 nitrogen and oxygen atoms in total. The minimum atomic E-state index is -3.85. The highest BCUT2D eigenvalue weighted by atomic mass is 35.5. The van der Waals surface area contributed by atoms with Crippen LogP contribution in [-0.4, -0.2) is 63.5 Å². The Morgan fingerprint density at radius 2 is 1.68 bits per heavy atom. The summed E-state index contributed by atoms with van der Waals surface area (Å²) in [6, 6.07) is 15.1. The van der Waals surface area contributed by atoms with Gasteiger partial charge in [0.25, 0.3) is 15.9 Å². The van der Waals surface area contributed by atoms with Crippen molar-refractivity contribution in [1.29, 1.82) is 0 Å². The minimum absolute atomic E-state index is 0. The summed E-state index contributed by atoms with van der Waals surface area (Å²) < 4.78 is 41.7. The molecule has 0 atom stereocenters. The van der Waals surface area contributed by atoms with E-state index in [1.807, 2.05) is 0 Å². The maximum atomic E-state index is 13.1. The summed E-state index contributed by atoms with van der Waals surface area (Å²) in [5.41, 5.74) is 4.31. The Morgan fingerprint density at radius 1 is 1.00 bits per heavy atom. The molecule has 0 bridgehead atoms. The number of fused-ring (bicyclic) bond motifs is 1. The Hall–Kier alpha value is -3.25. The maximum absolute atomic E-state index is 13.1. The van der Waals surface area contributed by atoms with Crippen molar-refractivity contribution >= 4 is 60.7 Å². The van der Waals surface area contributed by atoms with Gasteiger partial charge in [-0.2, -0.15) is 0 Å². The molecule has 0 spiro atoms. The fourth-order valence-electron chi connectivity index (χ4n) is 4.61. The summed E-state index contributed by atoms with van der Waals surface area (Å²) in [5.74, 6) is -0.733. The average Bonchev–Trinajstić information content (AvgIpc) is 3.34. The highest BCUT2D eigenvalue weighted by Crippen LogP contribution is 2.32. The zero-order chi connectivity index (χ0) is 27.6. The topological polar surface area (TPSA) is 94.6 Å². The van der Waals surface area contributed by atoms with Crippen molar-refractivity contribution in [1.82, 2.24) is 15.2 Å². The molecule has 1 fully saturated rings. The van der Waals surface area contributed by atoms with Gasteiger partial charge in [0.1, 0.15) is 5.82 Å². The highest BCUT2D eigenvalue weighted by Gasteiger charge is 2.20. The smallest absolute Gasteiger partial charge is 0.261 e. The molecule has 2 heterocycles. The van der Waals surface area contributed by atoms with Crippen LogP contribution in [0.2, 0.25) is 0 Å². The lowest BCUT2D eigenvalue weighted by molar-refractivity contribution is 0.0948. The molecular weight excluding hydrogens is 573 g/mol. The van der Waals surface area contributed by atoms with E-state index in [4.69, 9.17) is 4.98 Å². The van der Waals surface area contributed by atoms with Gasteiger partial charge in [-0.25, -0.2) is 17.8 Å². The van der Waals surface area contributed by atoms with Crippen LogP contribution in [-0.2, 0) is 10.0 Å². The first kappa shape index (κ1) is 29.7. The lowest BCUT2D eigenvalue weighted by Crippen LogP contribution is -2.48. The van der Waals surface area contributed by atoms with E-state index in [2.05, 4.69) is 45.8 Å². The molecule has 12 heteroatoms. The van der Waals surface area contributed by atoms with Crippen molar-refractivity contribution in [3.05, 3.63) is 83.2 Å². The first-order valence-electron chi connectivity index (χ1n) is 12.7. The van der Waals surface area contributed by atoms with Gasteiger partial charge >= 0.3 is 0 Å². The number of piperazine rings is 1. The average molecular weight is 604 g/mol. The van der Waals surface area contributed by atoms with Gasteiger partial charge < -0.3 is 10.2 Å². The number of benzene rings is 3. The Labute approximate surface area is 243 Å². The van der Waals surface area contributed by atoms with E-state index in [0.717, 1.165) is 55.5 Å². The fraction of sp³-hybridized carbons (Fsp3) is 0.286. The van der Waals surface area contributed by atoms with E-state index < -0.39 is 15.8 Å². The SMILES string of the molecule is Cc1cc(C)c2sc(N3CCN(CCNC(=O)c4ccc(NS(=O)(=O)c5ccc(F)cc5)cc4)CC3)nc2c1.Cl. The minimum Gasteiger partial charge on any atom is -0.351 e. The molecule has 212 valence electrons. The molecular formula is C28H31ClFN5O3S2. The third-order valence-electron chi connectivity index (χ3n) is 6.69. The van der Waals surface area contributed by atoms with E-state index in [1.165, 1.54) is 40.1 Å². The van der Waals surface area contributed by atoms with E-state index in [1.54, 1.807) is 23.5 Å². The van der Waals surface area contributed by atoms with Crippen molar-refractivity contribution < 1.29 is 17.6 Å². The Kier molecular flexibility index (Phi) is 9.29. The molecule has 0 unspecified atom stereocenters. The molecule has 0 aliphatic carbocycles. The van der Waals surface area contributed by atoms with Crippen LogP contribution in [0.3, 0.4) is 0 Å². The quantitative estimate of drug-likeness (QED) is 0.300. The second-order valence-electron chi connectivity index (χ2n) is 9.65. The molecule has 1 amide bonds. The van der Waals surface area contributed by atoms with Crippen LogP contribution in [0.25, 0.3) is 10.2 Å². The van der Waals surface area contributed by atoms with Gasteiger partial charge in [-0.05, 0) is 79.6 Å². The largest absolute Gasteiger partial charge is 0.351 e. The van der Waals surface area contributed by atoms with Crippen LogP contribution in [0.1, 0.15) is 21.5 Å². The number of hydrogen-bond donors (Lipinski definition) is 2. The van der Waals surface area contributed by atoms with Gasteiger partial charge in [0.2, 0.25) is 0 Å². The van der Waals surface area contributed by atoms with Crippen LogP contribution in [0, 0.1) is 19.7 Å². The molecule has 5 rings (SSSR count). The fourth-order valence-corrected chi connectivity index (χ4v) is 6.74. The number of halogens is 2. The molecule has 40 heavy (non-hydrogen) atoms. The van der Waals surface area contributed by atoms with Gasteiger partial charge in [-0.3, -0.25) is 14.4 Å². The van der Waals surface area contributed by atoms with E-state index in [0.29, 0.717) is 17.8 Å². The number of nitrogens with zero attached hydrogens (tertiary/aromatic N) is 3. The maximum Gasteiger partial charge on any atom is 0.261 e. The standard InChI is InChI=1S/C28H30FN5O3S2.ClH/c1-19-17-20(2)26-25(18-19)31-28(38-26)34-15-13-33(14-16-34)12-11-30-27(35)21-3-7-23(8-4-21)32-39(36,37)24-9-5-22(29)6-10-24;/h3-10,17-18,32H,11-16H2,1-2H3,(H,30,35);1H. The zero-order valence-electron chi connectivity index (χ0n) is 22.2. The van der Waals surface area contributed by atoms with Crippen molar-refractivity contribution in [3.8, 4) is 0 Å². The number of aromatic nitrogens is 1. The molecule has 0 saturated carbocycles. The molecule has 0 radical (unpaired) electrons. The third kappa shape index (κ3) is 6.90. The number of anilines is 2. The van der Waals surface area contributed by atoms with Crippen molar-refractivity contribution in [2.24, 2.45) is 0 Å². The molecule has 1 aliphatic rings. The number of aryl methyl sites for hydroxylation is 2.